The van der Waals surface area contributed by atoms with Crippen LogP contribution in [0.1, 0.15) is 19.3 Å². The number of pyridine rings is 1. The summed E-state index contributed by atoms with van der Waals surface area (Å²) >= 11 is 0. The zero-order valence-corrected chi connectivity index (χ0v) is 17.0. The number of fused-ring (bicyclic) bond motifs is 1. The molecule has 2 bridgehead atoms. The van der Waals surface area contributed by atoms with E-state index >= 15 is 0 Å². The van der Waals surface area contributed by atoms with E-state index in [9.17, 15) is 10.5 Å². The molecule has 5 rings (SSSR count). The summed E-state index contributed by atoms with van der Waals surface area (Å²) in [4.78, 5) is 0. The molecule has 148 valence electrons. The molecule has 3 aromatic rings. The van der Waals surface area contributed by atoms with Gasteiger partial charge in [-0.3, -0.25) is 5.41 Å². The van der Waals surface area contributed by atoms with Crippen LogP contribution in [0.5, 0.6) is 0 Å². The zero-order chi connectivity index (χ0) is 21.4. The van der Waals surface area contributed by atoms with Crippen molar-refractivity contribution in [3.8, 4) is 12.1 Å². The predicted molar refractivity (Wildman–Crippen MR) is 123 cm³/mol. The molecule has 2 heterocycles. The first-order valence-electron chi connectivity index (χ1n) is 10.4. The first-order valence-corrected chi connectivity index (χ1v) is 10.4. The normalized spacial score (nSPS) is 19.0. The number of aryl methyl sites for hydroxylation is 1. The van der Waals surface area contributed by atoms with Crippen molar-refractivity contribution in [1.29, 1.82) is 15.9 Å². The topological polar surface area (TPSA) is 76.4 Å². The summed E-state index contributed by atoms with van der Waals surface area (Å²) in [5.41, 5.74) is 3.29. The van der Waals surface area contributed by atoms with E-state index in [1.807, 2.05) is 42.5 Å². The number of rotatable bonds is 0. The van der Waals surface area contributed by atoms with Gasteiger partial charge in [-0.25, -0.2) is 0 Å². The maximum atomic E-state index is 9.18. The Kier molecular flexibility index (Phi) is 4.62. The molecule has 2 aliphatic rings. The largest absolute Gasteiger partial charge is 0.347 e. The Morgan fingerprint density at radius 2 is 1.94 bits per heavy atom. The van der Waals surface area contributed by atoms with E-state index in [-0.39, 0.29) is 5.57 Å². The minimum atomic E-state index is 0.196. The molecule has 0 amide bonds. The molecule has 0 spiro atoms. The van der Waals surface area contributed by atoms with Gasteiger partial charge >= 0.3 is 0 Å². The molecule has 4 heteroatoms. The number of nitrogens with zero attached hydrogens (tertiary/aromatic N) is 3. The standard InChI is InChI=1S/C27H20N4/c28-16-22(17-29)18-7-9-19(10-8-18)24-15-21-12-11-20-5-2-1-3-13-31-14-4-6-23(24)27(31)25(21)26(20)30/h1-2,4-7,9,11-12,14-15,30H,3,8,10,13H2/b2-1-,20-5-,24-19+,30-26?. The number of allylic oxidation sites excluding steroid dienone is 6. The Bertz CT molecular complexity index is 1600. The Labute approximate surface area is 179 Å². The lowest BCUT2D eigenvalue weighted by atomic mass is 9.91. The van der Waals surface area contributed by atoms with E-state index in [0.29, 0.717) is 11.8 Å². The highest BCUT2D eigenvalue weighted by Gasteiger charge is 2.14. The lowest BCUT2D eigenvalue weighted by molar-refractivity contribution is 0.733. The van der Waals surface area contributed by atoms with Crippen LogP contribution in [0.4, 0.5) is 0 Å². The first-order chi connectivity index (χ1) is 15.2. The van der Waals surface area contributed by atoms with Crippen LogP contribution in [0.2, 0.25) is 0 Å². The van der Waals surface area contributed by atoms with Gasteiger partial charge in [-0.2, -0.15) is 10.5 Å². The van der Waals surface area contributed by atoms with Crippen LogP contribution in [0.3, 0.4) is 0 Å². The van der Waals surface area contributed by atoms with E-state index in [1.165, 1.54) is 5.57 Å². The van der Waals surface area contributed by atoms with Crippen molar-refractivity contribution < 1.29 is 0 Å². The lowest BCUT2D eigenvalue weighted by Gasteiger charge is -2.17. The summed E-state index contributed by atoms with van der Waals surface area (Å²) in [6.45, 7) is 0.857. The minimum Gasteiger partial charge on any atom is -0.347 e. The molecule has 0 atom stereocenters. The van der Waals surface area contributed by atoms with Crippen LogP contribution < -0.4 is 15.8 Å². The predicted octanol–water partition coefficient (Wildman–Crippen LogP) is 3.86. The van der Waals surface area contributed by atoms with Gasteiger partial charge in [0.1, 0.15) is 17.7 Å². The summed E-state index contributed by atoms with van der Waals surface area (Å²) in [6.07, 6.45) is 14.7. The molecule has 2 aromatic carbocycles. The Balaban J connectivity index is 1.92. The SMILES string of the molecule is N#CC(C#N)=C1C=C/C(=c2/cc3cc/c4c(=N)c3c3c2cccn3CC/C=C\C=4)CC1. The highest BCUT2D eigenvalue weighted by molar-refractivity contribution is 6.06. The van der Waals surface area contributed by atoms with E-state index in [4.69, 9.17) is 5.41 Å². The van der Waals surface area contributed by atoms with Crippen molar-refractivity contribution in [2.24, 2.45) is 0 Å². The fourth-order valence-electron chi connectivity index (χ4n) is 4.60. The Morgan fingerprint density at radius 3 is 2.71 bits per heavy atom. The molecule has 0 saturated carbocycles. The van der Waals surface area contributed by atoms with Crippen molar-refractivity contribution in [3.63, 3.8) is 0 Å². The third-order valence-corrected chi connectivity index (χ3v) is 6.16. The molecule has 0 radical (unpaired) electrons. The van der Waals surface area contributed by atoms with Crippen molar-refractivity contribution in [1.82, 2.24) is 4.57 Å². The van der Waals surface area contributed by atoms with Crippen molar-refractivity contribution in [2.75, 3.05) is 0 Å². The number of nitriles is 2. The number of hydrogen-bond donors (Lipinski definition) is 1. The van der Waals surface area contributed by atoms with Gasteiger partial charge in [0.15, 0.2) is 0 Å². The van der Waals surface area contributed by atoms with Gasteiger partial charge < -0.3 is 4.57 Å². The summed E-state index contributed by atoms with van der Waals surface area (Å²) < 4.78 is 2.26. The summed E-state index contributed by atoms with van der Waals surface area (Å²) in [5.74, 6) is 0. The second-order valence-electron chi connectivity index (χ2n) is 7.88. The monoisotopic (exact) mass is 400 g/mol. The van der Waals surface area contributed by atoms with Gasteiger partial charge in [0.05, 0.1) is 10.9 Å². The fourth-order valence-corrected chi connectivity index (χ4v) is 4.60. The van der Waals surface area contributed by atoms with Crippen molar-refractivity contribution in [3.05, 3.63) is 87.8 Å². The van der Waals surface area contributed by atoms with Gasteiger partial charge in [-0.05, 0) is 53.1 Å². The second kappa shape index (κ2) is 7.59. The fraction of sp³-hybridized carbons (Fsp3) is 0.148. The average molecular weight is 400 g/mol. The molecule has 1 N–H and O–H groups in total. The molecule has 0 fully saturated rings. The highest BCUT2D eigenvalue weighted by Crippen LogP contribution is 2.26. The molecule has 1 aliphatic heterocycles. The summed E-state index contributed by atoms with van der Waals surface area (Å²) in [5, 5.41) is 33.1. The number of benzene rings is 2. The lowest BCUT2D eigenvalue weighted by Crippen LogP contribution is -2.26. The third-order valence-electron chi connectivity index (χ3n) is 6.16. The second-order valence-corrected chi connectivity index (χ2v) is 7.88. The molecule has 1 aliphatic carbocycles. The Morgan fingerprint density at radius 1 is 1.06 bits per heavy atom. The van der Waals surface area contributed by atoms with Crippen molar-refractivity contribution >= 4 is 33.3 Å². The summed E-state index contributed by atoms with van der Waals surface area (Å²) in [6, 6.07) is 14.5. The van der Waals surface area contributed by atoms with Gasteiger partial charge in [0, 0.05) is 28.7 Å². The number of aromatic nitrogens is 1. The quantitative estimate of drug-likeness (QED) is 0.460. The van der Waals surface area contributed by atoms with Crippen molar-refractivity contribution in [2.45, 2.75) is 25.8 Å². The van der Waals surface area contributed by atoms with Crippen LogP contribution in [0.15, 0.2) is 72.0 Å². The zero-order valence-electron chi connectivity index (χ0n) is 17.0. The summed E-state index contributed by atoms with van der Waals surface area (Å²) in [7, 11) is 0. The van der Waals surface area contributed by atoms with E-state index in [0.717, 1.165) is 57.1 Å². The molecule has 0 unspecified atom stereocenters. The van der Waals surface area contributed by atoms with E-state index in [1.54, 1.807) is 0 Å². The minimum absolute atomic E-state index is 0.196. The smallest absolute Gasteiger partial charge is 0.132 e. The van der Waals surface area contributed by atoms with Crippen LogP contribution in [-0.4, -0.2) is 4.57 Å². The third kappa shape index (κ3) is 3.10. The maximum Gasteiger partial charge on any atom is 0.132 e. The van der Waals surface area contributed by atoms with Gasteiger partial charge in [0.25, 0.3) is 0 Å². The van der Waals surface area contributed by atoms with Crippen LogP contribution in [-0.2, 0) is 6.54 Å². The van der Waals surface area contributed by atoms with Gasteiger partial charge in [-0.1, -0.05) is 48.6 Å². The van der Waals surface area contributed by atoms with Gasteiger partial charge in [0.2, 0.25) is 0 Å². The molecule has 31 heavy (non-hydrogen) atoms. The highest BCUT2D eigenvalue weighted by atomic mass is 14.9. The van der Waals surface area contributed by atoms with E-state index in [2.05, 4.69) is 41.1 Å². The van der Waals surface area contributed by atoms with Crippen LogP contribution >= 0.6 is 0 Å². The molecule has 1 aromatic heterocycles. The average Bonchev–Trinajstić information content (AvgIpc) is 2.80. The molecular formula is C27H20N4. The molecular weight excluding hydrogens is 380 g/mol. The van der Waals surface area contributed by atoms with Gasteiger partial charge in [-0.15, -0.1) is 0 Å². The maximum absolute atomic E-state index is 9.18. The van der Waals surface area contributed by atoms with Crippen LogP contribution in [0, 0.1) is 28.1 Å². The van der Waals surface area contributed by atoms with E-state index < -0.39 is 0 Å². The molecule has 4 nitrogen and oxygen atoms in total. The first kappa shape index (κ1) is 18.9. The van der Waals surface area contributed by atoms with Crippen LogP contribution in [0.25, 0.3) is 33.3 Å². The number of hydrogen-bond acceptors (Lipinski definition) is 3. The molecule has 0 saturated heterocycles. The number of nitrogens with one attached hydrogen (secondary N) is 1. The Hall–Kier alpha value is -4.15.